The molecule has 1 fully saturated rings. The Labute approximate surface area is 179 Å². The molecule has 0 unspecified atom stereocenters. The van der Waals surface area contributed by atoms with Crippen molar-refractivity contribution in [3.8, 4) is 11.3 Å². The molecule has 0 aliphatic heterocycles. The number of aromatic nitrogens is 5. The predicted octanol–water partition coefficient (Wildman–Crippen LogP) is 2.85. The summed E-state index contributed by atoms with van der Waals surface area (Å²) in [6.07, 6.45) is 5.33. The second kappa shape index (κ2) is 7.19. The molecule has 158 valence electrons. The van der Waals surface area contributed by atoms with E-state index < -0.39 is 0 Å². The van der Waals surface area contributed by atoms with Crippen molar-refractivity contribution < 1.29 is 4.79 Å². The number of hydrogen-bond acceptors (Lipinski definition) is 7. The van der Waals surface area contributed by atoms with E-state index in [9.17, 15) is 4.79 Å². The van der Waals surface area contributed by atoms with E-state index in [-0.39, 0.29) is 17.5 Å². The summed E-state index contributed by atoms with van der Waals surface area (Å²) in [7, 11) is 1.85. The second-order valence-corrected chi connectivity index (χ2v) is 8.29. The Morgan fingerprint density at radius 3 is 2.77 bits per heavy atom. The van der Waals surface area contributed by atoms with Crippen molar-refractivity contribution in [3.63, 3.8) is 0 Å². The highest BCUT2D eigenvalue weighted by atomic mass is 16.1. The lowest BCUT2D eigenvalue weighted by molar-refractivity contribution is -0.121. The Hall–Kier alpha value is -3.75. The lowest BCUT2D eigenvalue weighted by Gasteiger charge is -2.45. The minimum Gasteiger partial charge on any atom is -0.371 e. The predicted molar refractivity (Wildman–Crippen MR) is 120 cm³/mol. The Morgan fingerprint density at radius 1 is 1.16 bits per heavy atom. The number of rotatable bonds is 5. The Balaban J connectivity index is 1.45. The molecular formula is C22H24N8O. The number of nitrogens with one attached hydrogen (secondary N) is 3. The molecule has 1 saturated carbocycles. The summed E-state index contributed by atoms with van der Waals surface area (Å²) >= 11 is 0. The molecule has 1 amide bonds. The van der Waals surface area contributed by atoms with Crippen molar-refractivity contribution in [2.24, 2.45) is 0 Å². The van der Waals surface area contributed by atoms with Crippen molar-refractivity contribution in [3.05, 3.63) is 42.7 Å². The van der Waals surface area contributed by atoms with Gasteiger partial charge in [-0.2, -0.15) is 4.98 Å². The van der Waals surface area contributed by atoms with Crippen LogP contribution in [0.2, 0.25) is 0 Å². The average Bonchev–Trinajstić information content (AvgIpc) is 3.15. The highest BCUT2D eigenvalue weighted by Gasteiger charge is 2.41. The van der Waals surface area contributed by atoms with Crippen LogP contribution in [0.3, 0.4) is 0 Å². The van der Waals surface area contributed by atoms with E-state index in [4.69, 9.17) is 4.98 Å². The zero-order chi connectivity index (χ0) is 21.6. The molecule has 0 atom stereocenters. The fourth-order valence-corrected chi connectivity index (χ4v) is 4.41. The number of amides is 1. The van der Waals surface area contributed by atoms with Gasteiger partial charge in [-0.3, -0.25) is 9.78 Å². The van der Waals surface area contributed by atoms with Gasteiger partial charge in [-0.25, -0.2) is 9.50 Å². The van der Waals surface area contributed by atoms with Crippen molar-refractivity contribution in [1.82, 2.24) is 29.9 Å². The number of nitrogens with zero attached hydrogens (tertiary/aromatic N) is 5. The zero-order valence-corrected chi connectivity index (χ0v) is 17.7. The minimum atomic E-state index is -0.170. The van der Waals surface area contributed by atoms with E-state index in [0.717, 1.165) is 46.5 Å². The van der Waals surface area contributed by atoms with Gasteiger partial charge in [0.1, 0.15) is 5.52 Å². The highest BCUT2D eigenvalue weighted by Crippen LogP contribution is 2.34. The third-order valence-corrected chi connectivity index (χ3v) is 5.68. The van der Waals surface area contributed by atoms with Gasteiger partial charge in [-0.05, 0) is 50.1 Å². The lowest BCUT2D eigenvalue weighted by Crippen LogP contribution is -2.59. The molecule has 4 aromatic heterocycles. The summed E-state index contributed by atoms with van der Waals surface area (Å²) < 4.78 is 1.82. The fourth-order valence-electron chi connectivity index (χ4n) is 4.41. The second-order valence-electron chi connectivity index (χ2n) is 8.29. The molecule has 1 aliphatic rings. The first kappa shape index (κ1) is 19.2. The summed E-state index contributed by atoms with van der Waals surface area (Å²) in [6, 6.07) is 9.98. The van der Waals surface area contributed by atoms with Crippen LogP contribution in [0.1, 0.15) is 26.7 Å². The van der Waals surface area contributed by atoms with Gasteiger partial charge in [0, 0.05) is 43.5 Å². The molecule has 31 heavy (non-hydrogen) atoms. The first-order valence-electron chi connectivity index (χ1n) is 10.3. The van der Waals surface area contributed by atoms with E-state index in [1.54, 1.807) is 13.1 Å². The summed E-state index contributed by atoms with van der Waals surface area (Å²) in [5.74, 6) is 1.26. The van der Waals surface area contributed by atoms with Crippen molar-refractivity contribution in [2.45, 2.75) is 38.3 Å². The zero-order valence-electron chi connectivity index (χ0n) is 17.7. The molecular weight excluding hydrogens is 392 g/mol. The van der Waals surface area contributed by atoms with Gasteiger partial charge in [-0.15, -0.1) is 5.10 Å². The highest BCUT2D eigenvalue weighted by molar-refractivity contribution is 5.89. The molecule has 0 saturated heterocycles. The van der Waals surface area contributed by atoms with E-state index in [0.29, 0.717) is 5.95 Å². The topological polar surface area (TPSA) is 109 Å². The Bertz CT molecular complexity index is 1290. The molecule has 0 radical (unpaired) electrons. The van der Waals surface area contributed by atoms with Gasteiger partial charge in [-0.1, -0.05) is 0 Å². The van der Waals surface area contributed by atoms with Crippen LogP contribution in [0.25, 0.3) is 27.8 Å². The molecule has 3 N–H and O–H groups in total. The molecule has 1 aliphatic carbocycles. The van der Waals surface area contributed by atoms with Crippen LogP contribution in [-0.2, 0) is 4.79 Å². The van der Waals surface area contributed by atoms with Crippen LogP contribution < -0.4 is 16.0 Å². The van der Waals surface area contributed by atoms with E-state index in [1.165, 1.54) is 0 Å². The van der Waals surface area contributed by atoms with Crippen LogP contribution >= 0.6 is 0 Å². The molecule has 0 aromatic carbocycles. The fraction of sp³-hybridized carbons (Fsp3) is 0.318. The van der Waals surface area contributed by atoms with Gasteiger partial charge >= 0.3 is 0 Å². The third-order valence-electron chi connectivity index (χ3n) is 5.68. The molecule has 9 nitrogen and oxygen atoms in total. The maximum absolute atomic E-state index is 11.4. The van der Waals surface area contributed by atoms with Gasteiger partial charge in [0.25, 0.3) is 0 Å². The monoisotopic (exact) mass is 416 g/mol. The number of hydrogen-bond donors (Lipinski definition) is 3. The number of pyridine rings is 2. The largest absolute Gasteiger partial charge is 0.371 e. The number of carbonyl (C=O) groups is 1. The molecule has 0 bridgehead atoms. The van der Waals surface area contributed by atoms with Crippen molar-refractivity contribution >= 4 is 34.2 Å². The molecule has 4 heterocycles. The molecule has 0 spiro atoms. The summed E-state index contributed by atoms with van der Waals surface area (Å²) in [6.45, 7) is 3.60. The smallest absolute Gasteiger partial charge is 0.243 e. The van der Waals surface area contributed by atoms with E-state index >= 15 is 0 Å². The van der Waals surface area contributed by atoms with Gasteiger partial charge in [0.2, 0.25) is 11.9 Å². The third kappa shape index (κ3) is 3.52. The lowest BCUT2D eigenvalue weighted by atomic mass is 9.74. The number of fused-ring (bicyclic) bond motifs is 2. The molecule has 4 aromatic rings. The van der Waals surface area contributed by atoms with Crippen LogP contribution in [0.4, 0.5) is 11.8 Å². The summed E-state index contributed by atoms with van der Waals surface area (Å²) in [5.41, 5.74) is 4.18. The Morgan fingerprint density at radius 2 is 2.00 bits per heavy atom. The average molecular weight is 416 g/mol. The van der Waals surface area contributed by atoms with Gasteiger partial charge in [0.05, 0.1) is 16.7 Å². The molecule has 9 heteroatoms. The van der Waals surface area contributed by atoms with Gasteiger partial charge < -0.3 is 16.0 Å². The maximum Gasteiger partial charge on any atom is 0.243 e. The standard InChI is InChI=1S/C22H24N8O/c1-13(31)28-22(2)11-14(12-22)25-21-27-20(23-3)19-15(8-10-30(19)29-21)16-6-7-17-18(26-16)5-4-9-24-17/h4-10,14H,11-12H2,1-3H3,(H,28,31)(H2,23,25,27,29). The number of carbonyl (C=O) groups excluding carboxylic acids is 1. The minimum absolute atomic E-state index is 0.00552. The van der Waals surface area contributed by atoms with Crippen LogP contribution in [-0.4, -0.2) is 49.1 Å². The summed E-state index contributed by atoms with van der Waals surface area (Å²) in [4.78, 5) is 25.2. The maximum atomic E-state index is 11.4. The quantitative estimate of drug-likeness (QED) is 0.459. The first-order valence-corrected chi connectivity index (χ1v) is 10.3. The van der Waals surface area contributed by atoms with Crippen molar-refractivity contribution in [1.29, 1.82) is 0 Å². The molecule has 5 rings (SSSR count). The normalized spacial score (nSPS) is 20.4. The van der Waals surface area contributed by atoms with Gasteiger partial charge in [0.15, 0.2) is 5.82 Å². The van der Waals surface area contributed by atoms with Crippen molar-refractivity contribution in [2.75, 3.05) is 17.7 Å². The van der Waals surface area contributed by atoms with E-state index in [2.05, 4.69) is 37.9 Å². The number of anilines is 2. The first-order chi connectivity index (χ1) is 14.9. The van der Waals surface area contributed by atoms with E-state index in [1.807, 2.05) is 48.1 Å². The summed E-state index contributed by atoms with van der Waals surface area (Å²) in [5, 5.41) is 14.2. The Kier molecular flexibility index (Phi) is 4.46. The van der Waals surface area contributed by atoms with Crippen LogP contribution in [0.15, 0.2) is 42.7 Å². The van der Waals surface area contributed by atoms with Crippen LogP contribution in [0.5, 0.6) is 0 Å². The van der Waals surface area contributed by atoms with Crippen LogP contribution in [0, 0.1) is 0 Å². The SMILES string of the molecule is CNc1nc(NC2CC(C)(NC(C)=O)C2)nn2ccc(-c3ccc4ncccc4n3)c12.